The SMILES string of the molecule is S=C1Cc2cnc(Nc3ccc(N4CCCC4)nc3)nc2-c2ccc(I)cc2N1. The smallest absolute Gasteiger partial charge is 0.227 e. The van der Waals surface area contributed by atoms with Crippen molar-refractivity contribution in [3.63, 3.8) is 0 Å². The summed E-state index contributed by atoms with van der Waals surface area (Å²) in [4.78, 5) is 17.0. The Bertz CT molecular complexity index is 1080. The van der Waals surface area contributed by atoms with Crippen molar-refractivity contribution >= 4 is 62.9 Å². The Balaban J connectivity index is 1.44. The highest BCUT2D eigenvalue weighted by Crippen LogP contribution is 2.34. The molecule has 5 rings (SSSR count). The van der Waals surface area contributed by atoms with E-state index in [2.05, 4.69) is 72.4 Å². The Hall–Kier alpha value is -2.33. The molecule has 2 aliphatic rings. The monoisotopic (exact) mass is 514 g/mol. The number of rotatable bonds is 3. The van der Waals surface area contributed by atoms with Crippen LogP contribution in [-0.2, 0) is 6.42 Å². The fourth-order valence-electron chi connectivity index (χ4n) is 3.75. The van der Waals surface area contributed by atoms with Crippen LogP contribution < -0.4 is 15.5 Å². The number of halogens is 1. The Morgan fingerprint density at radius 3 is 2.72 bits per heavy atom. The molecular weight excluding hydrogens is 495 g/mol. The van der Waals surface area contributed by atoms with Crippen LogP contribution >= 0.6 is 34.8 Å². The van der Waals surface area contributed by atoms with Crippen LogP contribution in [0.4, 0.5) is 23.1 Å². The normalized spacial score (nSPS) is 15.3. The molecule has 3 aromatic rings. The van der Waals surface area contributed by atoms with Crippen molar-refractivity contribution in [2.75, 3.05) is 28.6 Å². The average Bonchev–Trinajstić information content (AvgIpc) is 3.20. The summed E-state index contributed by atoms with van der Waals surface area (Å²) in [6, 6.07) is 10.3. The van der Waals surface area contributed by atoms with Crippen LogP contribution in [-0.4, -0.2) is 33.0 Å². The van der Waals surface area contributed by atoms with Gasteiger partial charge >= 0.3 is 0 Å². The van der Waals surface area contributed by atoms with Crippen molar-refractivity contribution in [1.82, 2.24) is 15.0 Å². The quantitative estimate of drug-likeness (QED) is 0.385. The number of nitrogens with zero attached hydrogens (tertiary/aromatic N) is 4. The lowest BCUT2D eigenvalue weighted by Crippen LogP contribution is -2.18. The Kier molecular flexibility index (Phi) is 5.04. The highest BCUT2D eigenvalue weighted by Gasteiger charge is 2.20. The standard InChI is InChI=1S/C21H19IN6S/c22-14-3-5-16-17(10-14)26-19(29)9-13-11-24-21(27-20(13)16)25-15-4-6-18(23-12-15)28-7-1-2-8-28/h3-6,10-12H,1-2,7-9H2,(H,26,29)(H,24,25,27). The summed E-state index contributed by atoms with van der Waals surface area (Å²) in [6.07, 6.45) is 6.81. The first-order chi connectivity index (χ1) is 14.2. The second-order valence-corrected chi connectivity index (χ2v) is 8.94. The van der Waals surface area contributed by atoms with Gasteiger partial charge < -0.3 is 15.5 Å². The number of nitrogens with one attached hydrogen (secondary N) is 2. The van der Waals surface area contributed by atoms with Gasteiger partial charge in [0.1, 0.15) is 5.82 Å². The maximum Gasteiger partial charge on any atom is 0.227 e. The number of anilines is 4. The van der Waals surface area contributed by atoms with Gasteiger partial charge in [-0.3, -0.25) is 0 Å². The van der Waals surface area contributed by atoms with Crippen LogP contribution in [0.3, 0.4) is 0 Å². The number of benzene rings is 1. The molecule has 0 bridgehead atoms. The summed E-state index contributed by atoms with van der Waals surface area (Å²) in [5.41, 5.74) is 4.83. The number of aromatic nitrogens is 3. The summed E-state index contributed by atoms with van der Waals surface area (Å²) < 4.78 is 1.15. The van der Waals surface area contributed by atoms with E-state index >= 15 is 0 Å². The number of hydrogen-bond acceptors (Lipinski definition) is 6. The predicted octanol–water partition coefficient (Wildman–Crippen LogP) is 4.78. The Labute approximate surface area is 188 Å². The van der Waals surface area contributed by atoms with Crippen LogP contribution in [0.2, 0.25) is 0 Å². The van der Waals surface area contributed by atoms with Crippen LogP contribution in [0.15, 0.2) is 42.7 Å². The summed E-state index contributed by atoms with van der Waals surface area (Å²) in [7, 11) is 0. The van der Waals surface area contributed by atoms with Crippen molar-refractivity contribution in [1.29, 1.82) is 0 Å². The molecule has 1 saturated heterocycles. The molecule has 2 N–H and O–H groups in total. The molecule has 0 amide bonds. The minimum absolute atomic E-state index is 0.553. The van der Waals surface area contributed by atoms with Gasteiger partial charge in [0.05, 0.1) is 22.6 Å². The van der Waals surface area contributed by atoms with Gasteiger partial charge in [-0.2, -0.15) is 0 Å². The second-order valence-electron chi connectivity index (χ2n) is 7.21. The summed E-state index contributed by atoms with van der Waals surface area (Å²) >= 11 is 7.79. The van der Waals surface area contributed by atoms with E-state index in [0.717, 1.165) is 55.7 Å². The van der Waals surface area contributed by atoms with Crippen LogP contribution in [0, 0.1) is 3.57 Å². The molecule has 8 heteroatoms. The van der Waals surface area contributed by atoms with Crippen molar-refractivity contribution < 1.29 is 0 Å². The highest BCUT2D eigenvalue weighted by molar-refractivity contribution is 14.1. The van der Waals surface area contributed by atoms with E-state index in [4.69, 9.17) is 17.2 Å². The molecule has 0 aliphatic carbocycles. The third kappa shape index (κ3) is 3.91. The molecular formula is C21H19IN6S. The van der Waals surface area contributed by atoms with Gasteiger partial charge in [0.2, 0.25) is 5.95 Å². The van der Waals surface area contributed by atoms with Gasteiger partial charge in [0, 0.05) is 46.1 Å². The highest BCUT2D eigenvalue weighted by atomic mass is 127. The van der Waals surface area contributed by atoms with Crippen molar-refractivity contribution in [2.24, 2.45) is 0 Å². The van der Waals surface area contributed by atoms with Crippen molar-refractivity contribution in [3.8, 4) is 11.3 Å². The van der Waals surface area contributed by atoms with Crippen LogP contribution in [0.1, 0.15) is 18.4 Å². The average molecular weight is 514 g/mol. The molecule has 2 aromatic heterocycles. The van der Waals surface area contributed by atoms with E-state index in [1.54, 1.807) is 0 Å². The lowest BCUT2D eigenvalue weighted by molar-refractivity contribution is 0.938. The molecule has 0 saturated carbocycles. The molecule has 29 heavy (non-hydrogen) atoms. The number of hydrogen-bond donors (Lipinski definition) is 2. The third-order valence-corrected chi connectivity index (χ3v) is 6.08. The summed E-state index contributed by atoms with van der Waals surface area (Å²) in [5, 5.41) is 6.62. The summed E-state index contributed by atoms with van der Waals surface area (Å²) in [6.45, 7) is 2.17. The van der Waals surface area contributed by atoms with Gasteiger partial charge in [-0.05, 0) is 65.8 Å². The third-order valence-electron chi connectivity index (χ3n) is 5.16. The minimum Gasteiger partial charge on any atom is -0.357 e. The maximum atomic E-state index is 5.49. The molecule has 2 aliphatic heterocycles. The first-order valence-electron chi connectivity index (χ1n) is 9.59. The molecule has 0 spiro atoms. The van der Waals surface area contributed by atoms with Gasteiger partial charge in [0.25, 0.3) is 0 Å². The van der Waals surface area contributed by atoms with Crippen LogP contribution in [0.5, 0.6) is 0 Å². The predicted molar refractivity (Wildman–Crippen MR) is 129 cm³/mol. The number of thiocarbonyl (C=S) groups is 1. The van der Waals surface area contributed by atoms with E-state index in [1.165, 1.54) is 12.8 Å². The fraction of sp³-hybridized carbons (Fsp3) is 0.238. The first kappa shape index (κ1) is 18.7. The van der Waals surface area contributed by atoms with Gasteiger partial charge in [-0.25, -0.2) is 15.0 Å². The molecule has 0 radical (unpaired) electrons. The van der Waals surface area contributed by atoms with E-state index in [0.29, 0.717) is 12.4 Å². The lowest BCUT2D eigenvalue weighted by atomic mass is 10.1. The molecule has 4 heterocycles. The van der Waals surface area contributed by atoms with E-state index < -0.39 is 0 Å². The van der Waals surface area contributed by atoms with Gasteiger partial charge in [0.15, 0.2) is 0 Å². The largest absolute Gasteiger partial charge is 0.357 e. The first-order valence-corrected chi connectivity index (χ1v) is 11.1. The maximum absolute atomic E-state index is 5.49. The zero-order valence-electron chi connectivity index (χ0n) is 15.7. The Morgan fingerprint density at radius 2 is 1.93 bits per heavy atom. The van der Waals surface area contributed by atoms with E-state index in [1.807, 2.05) is 18.5 Å². The number of pyridine rings is 1. The zero-order valence-corrected chi connectivity index (χ0v) is 18.6. The zero-order chi connectivity index (χ0) is 19.8. The number of fused-ring (bicyclic) bond motifs is 3. The van der Waals surface area contributed by atoms with Crippen LogP contribution in [0.25, 0.3) is 11.3 Å². The topological polar surface area (TPSA) is 66.0 Å². The van der Waals surface area contributed by atoms with E-state index in [-0.39, 0.29) is 0 Å². The molecule has 146 valence electrons. The molecule has 0 unspecified atom stereocenters. The van der Waals surface area contributed by atoms with Gasteiger partial charge in [-0.1, -0.05) is 12.2 Å². The fourth-order valence-corrected chi connectivity index (χ4v) is 4.50. The van der Waals surface area contributed by atoms with Crippen molar-refractivity contribution in [3.05, 3.63) is 51.9 Å². The Morgan fingerprint density at radius 1 is 1.07 bits per heavy atom. The minimum atomic E-state index is 0.553. The molecule has 1 aromatic carbocycles. The van der Waals surface area contributed by atoms with E-state index in [9.17, 15) is 0 Å². The molecule has 6 nitrogen and oxygen atoms in total. The molecule has 0 atom stereocenters. The molecule has 1 fully saturated rings. The lowest BCUT2D eigenvalue weighted by Gasteiger charge is -2.16. The van der Waals surface area contributed by atoms with Gasteiger partial charge in [-0.15, -0.1) is 0 Å². The second kappa shape index (κ2) is 7.83. The summed E-state index contributed by atoms with van der Waals surface area (Å²) in [5.74, 6) is 1.58. The van der Waals surface area contributed by atoms with Crippen molar-refractivity contribution in [2.45, 2.75) is 19.3 Å².